The van der Waals surface area contributed by atoms with Gasteiger partial charge in [-0.3, -0.25) is 0 Å². The van der Waals surface area contributed by atoms with E-state index in [2.05, 4.69) is 10.1 Å². The lowest BCUT2D eigenvalue weighted by Gasteiger charge is -2.06. The van der Waals surface area contributed by atoms with Crippen LogP contribution in [0.15, 0.2) is 66.7 Å². The van der Waals surface area contributed by atoms with Crippen LogP contribution in [0.2, 0.25) is 5.02 Å². The summed E-state index contributed by atoms with van der Waals surface area (Å²) in [6.45, 7) is 0. The molecule has 4 aromatic rings. The molecule has 0 radical (unpaired) electrons. The van der Waals surface area contributed by atoms with Crippen molar-refractivity contribution in [2.24, 2.45) is 0 Å². The van der Waals surface area contributed by atoms with Crippen LogP contribution in [-0.4, -0.2) is 25.7 Å². The number of halogens is 1. The summed E-state index contributed by atoms with van der Waals surface area (Å²) >= 11 is 5.95. The summed E-state index contributed by atoms with van der Waals surface area (Å²) in [5, 5.41) is 14.6. The van der Waals surface area contributed by atoms with E-state index in [9.17, 15) is 9.90 Å². The fourth-order valence-electron chi connectivity index (χ4n) is 2.66. The van der Waals surface area contributed by atoms with Gasteiger partial charge in [-0.15, -0.1) is 0 Å². The molecule has 1 N–H and O–H groups in total. The van der Waals surface area contributed by atoms with Crippen molar-refractivity contribution < 1.29 is 9.90 Å². The molecule has 0 saturated heterocycles. The first-order valence-electron chi connectivity index (χ1n) is 7.57. The second-order valence-electron chi connectivity index (χ2n) is 5.50. The van der Waals surface area contributed by atoms with Crippen molar-refractivity contribution in [1.82, 2.24) is 14.6 Å². The van der Waals surface area contributed by atoms with E-state index in [0.717, 1.165) is 16.8 Å². The van der Waals surface area contributed by atoms with E-state index in [1.807, 2.05) is 42.5 Å². The molecule has 0 aliphatic rings. The molecule has 0 fully saturated rings. The fourth-order valence-corrected chi connectivity index (χ4v) is 2.79. The Morgan fingerprint density at radius 1 is 0.960 bits per heavy atom. The highest BCUT2D eigenvalue weighted by Crippen LogP contribution is 2.26. The van der Waals surface area contributed by atoms with Crippen molar-refractivity contribution in [3.05, 3.63) is 77.4 Å². The third-order valence-electron chi connectivity index (χ3n) is 3.86. The Kier molecular flexibility index (Phi) is 3.71. The molecule has 0 aliphatic carbocycles. The van der Waals surface area contributed by atoms with Gasteiger partial charge in [0.2, 0.25) is 0 Å². The predicted molar refractivity (Wildman–Crippen MR) is 95.8 cm³/mol. The van der Waals surface area contributed by atoms with Crippen molar-refractivity contribution in [3.8, 4) is 22.5 Å². The first-order valence-corrected chi connectivity index (χ1v) is 7.95. The van der Waals surface area contributed by atoms with E-state index < -0.39 is 5.97 Å². The number of hydrogen-bond acceptors (Lipinski definition) is 3. The topological polar surface area (TPSA) is 67.5 Å². The first-order chi connectivity index (χ1) is 12.1. The number of fused-ring (bicyclic) bond motifs is 1. The van der Waals surface area contributed by atoms with Gasteiger partial charge >= 0.3 is 5.97 Å². The Balaban J connectivity index is 1.98. The number of aromatic nitrogens is 3. The predicted octanol–water partition coefficient (Wildman–Crippen LogP) is 4.41. The minimum absolute atomic E-state index is 0.0306. The lowest BCUT2D eigenvalue weighted by Crippen LogP contribution is -2.05. The van der Waals surface area contributed by atoms with Crippen LogP contribution in [0.25, 0.3) is 28.2 Å². The zero-order valence-electron chi connectivity index (χ0n) is 12.9. The molecule has 6 heteroatoms. The van der Waals surface area contributed by atoms with Crippen LogP contribution in [0.3, 0.4) is 0 Å². The molecule has 0 atom stereocenters. The Morgan fingerprint density at radius 3 is 2.36 bits per heavy atom. The van der Waals surface area contributed by atoms with Gasteiger partial charge in [-0.05, 0) is 18.2 Å². The number of carbonyl (C=O) groups is 1. The van der Waals surface area contributed by atoms with Crippen LogP contribution >= 0.6 is 11.6 Å². The molecule has 122 valence electrons. The van der Waals surface area contributed by atoms with Crippen molar-refractivity contribution in [1.29, 1.82) is 0 Å². The molecule has 2 heterocycles. The number of nitrogens with zero attached hydrogens (tertiary/aromatic N) is 3. The zero-order chi connectivity index (χ0) is 17.4. The van der Waals surface area contributed by atoms with E-state index in [1.165, 1.54) is 6.07 Å². The lowest BCUT2D eigenvalue weighted by molar-refractivity contribution is 0.0690. The SMILES string of the molecule is O=C(O)c1cc(-c2ccc(Cl)cc2)n2nc(-c3ccccc3)cc2n1. The number of carboxylic acid groups (broad SMARTS) is 1. The van der Waals surface area contributed by atoms with E-state index in [0.29, 0.717) is 16.4 Å². The van der Waals surface area contributed by atoms with Gasteiger partial charge in [0, 0.05) is 22.2 Å². The molecule has 0 spiro atoms. The van der Waals surface area contributed by atoms with Gasteiger partial charge in [-0.2, -0.15) is 5.10 Å². The molecular formula is C19H12ClN3O2. The van der Waals surface area contributed by atoms with Crippen molar-refractivity contribution in [2.75, 3.05) is 0 Å². The van der Waals surface area contributed by atoms with Crippen LogP contribution in [-0.2, 0) is 0 Å². The average Bonchev–Trinajstić information content (AvgIpc) is 3.06. The first kappa shape index (κ1) is 15.4. The average molecular weight is 350 g/mol. The summed E-state index contributed by atoms with van der Waals surface area (Å²) in [6, 6.07) is 20.1. The standard InChI is InChI=1S/C19H12ClN3O2/c20-14-8-6-13(7-9-14)17-10-16(19(24)25)21-18-11-15(22-23(17)18)12-4-2-1-3-5-12/h1-11H,(H,24,25). The van der Waals surface area contributed by atoms with Gasteiger partial charge in [0.25, 0.3) is 0 Å². The normalized spacial score (nSPS) is 10.9. The second-order valence-corrected chi connectivity index (χ2v) is 5.94. The van der Waals surface area contributed by atoms with Gasteiger partial charge in [0.05, 0.1) is 11.4 Å². The van der Waals surface area contributed by atoms with E-state index in [4.69, 9.17) is 11.6 Å². The summed E-state index contributed by atoms with van der Waals surface area (Å²) in [5.41, 5.74) is 3.56. The van der Waals surface area contributed by atoms with E-state index in [1.54, 1.807) is 22.7 Å². The summed E-state index contributed by atoms with van der Waals surface area (Å²) in [7, 11) is 0. The van der Waals surface area contributed by atoms with Gasteiger partial charge < -0.3 is 5.11 Å². The maximum atomic E-state index is 11.4. The zero-order valence-corrected chi connectivity index (χ0v) is 13.7. The molecule has 0 saturated carbocycles. The Labute approximate surface area is 148 Å². The minimum atomic E-state index is -1.08. The molecule has 5 nitrogen and oxygen atoms in total. The maximum absolute atomic E-state index is 11.4. The van der Waals surface area contributed by atoms with Crippen LogP contribution in [0.1, 0.15) is 10.5 Å². The Bertz CT molecular complexity index is 1070. The van der Waals surface area contributed by atoms with E-state index in [-0.39, 0.29) is 5.69 Å². The molecule has 0 bridgehead atoms. The summed E-state index contributed by atoms with van der Waals surface area (Å²) in [6.07, 6.45) is 0. The third-order valence-corrected chi connectivity index (χ3v) is 4.11. The number of hydrogen-bond donors (Lipinski definition) is 1. The molecule has 0 aliphatic heterocycles. The minimum Gasteiger partial charge on any atom is -0.477 e. The fraction of sp³-hybridized carbons (Fsp3) is 0. The van der Waals surface area contributed by atoms with Crippen LogP contribution < -0.4 is 0 Å². The molecule has 2 aromatic carbocycles. The van der Waals surface area contributed by atoms with Gasteiger partial charge in [0.15, 0.2) is 11.3 Å². The molecule has 0 amide bonds. The van der Waals surface area contributed by atoms with E-state index >= 15 is 0 Å². The van der Waals surface area contributed by atoms with Crippen LogP contribution in [0.4, 0.5) is 0 Å². The van der Waals surface area contributed by atoms with Gasteiger partial charge in [0.1, 0.15) is 0 Å². The highest BCUT2D eigenvalue weighted by atomic mass is 35.5. The number of benzene rings is 2. The molecule has 2 aromatic heterocycles. The largest absolute Gasteiger partial charge is 0.477 e. The lowest BCUT2D eigenvalue weighted by atomic mass is 10.1. The molecular weight excluding hydrogens is 338 g/mol. The van der Waals surface area contributed by atoms with Gasteiger partial charge in [-0.1, -0.05) is 54.1 Å². The molecule has 4 rings (SSSR count). The number of aromatic carboxylic acids is 1. The highest BCUT2D eigenvalue weighted by molar-refractivity contribution is 6.30. The molecule has 0 unspecified atom stereocenters. The summed E-state index contributed by atoms with van der Waals surface area (Å²) in [4.78, 5) is 15.6. The summed E-state index contributed by atoms with van der Waals surface area (Å²) in [5.74, 6) is -1.08. The maximum Gasteiger partial charge on any atom is 0.354 e. The van der Waals surface area contributed by atoms with Crippen molar-refractivity contribution in [2.45, 2.75) is 0 Å². The number of carboxylic acids is 1. The monoisotopic (exact) mass is 349 g/mol. The Morgan fingerprint density at radius 2 is 1.68 bits per heavy atom. The van der Waals surface area contributed by atoms with Crippen LogP contribution in [0, 0.1) is 0 Å². The molecule has 25 heavy (non-hydrogen) atoms. The quantitative estimate of drug-likeness (QED) is 0.594. The smallest absolute Gasteiger partial charge is 0.354 e. The highest BCUT2D eigenvalue weighted by Gasteiger charge is 2.15. The van der Waals surface area contributed by atoms with Crippen molar-refractivity contribution in [3.63, 3.8) is 0 Å². The number of rotatable bonds is 3. The van der Waals surface area contributed by atoms with Crippen LogP contribution in [0.5, 0.6) is 0 Å². The second kappa shape index (κ2) is 6.03. The summed E-state index contributed by atoms with van der Waals surface area (Å²) < 4.78 is 1.65. The Hall–Kier alpha value is -3.18. The van der Waals surface area contributed by atoms with Crippen molar-refractivity contribution >= 4 is 23.2 Å². The third kappa shape index (κ3) is 2.86. The van der Waals surface area contributed by atoms with Gasteiger partial charge in [-0.25, -0.2) is 14.3 Å².